The van der Waals surface area contributed by atoms with Crippen LogP contribution in [0, 0.1) is 0 Å². The molecule has 1 atom stereocenters. The predicted molar refractivity (Wildman–Crippen MR) is 81.3 cm³/mol. The molecule has 0 aromatic heterocycles. The van der Waals surface area contributed by atoms with Crippen LogP contribution in [0.25, 0.3) is 0 Å². The van der Waals surface area contributed by atoms with Crippen molar-refractivity contribution in [2.45, 2.75) is 45.7 Å². The number of rotatable bonds is 5. The Labute approximate surface area is 123 Å². The lowest BCUT2D eigenvalue weighted by Crippen LogP contribution is -2.44. The molecule has 0 spiro atoms. The minimum absolute atomic E-state index is 0.0792. The van der Waals surface area contributed by atoms with E-state index in [1.165, 1.54) is 5.56 Å². The normalized spacial score (nSPS) is 13.6. The first-order valence-electron chi connectivity index (χ1n) is 6.46. The van der Waals surface area contributed by atoms with Gasteiger partial charge in [0.15, 0.2) is 0 Å². The molecular weight excluding hydrogens is 306 g/mol. The molecule has 0 bridgehead atoms. The maximum atomic E-state index is 10.8. The van der Waals surface area contributed by atoms with Crippen LogP contribution < -0.4 is 0 Å². The minimum atomic E-state index is -0.756. The van der Waals surface area contributed by atoms with Crippen molar-refractivity contribution in [3.05, 3.63) is 34.3 Å². The summed E-state index contributed by atoms with van der Waals surface area (Å²) in [6, 6.07) is 8.25. The number of aliphatic carboxylic acids is 1. The Morgan fingerprint density at radius 2 is 1.95 bits per heavy atom. The van der Waals surface area contributed by atoms with Crippen LogP contribution >= 0.6 is 15.9 Å². The molecule has 1 N–H and O–H groups in total. The molecule has 1 aromatic rings. The second-order valence-electron chi connectivity index (χ2n) is 5.71. The van der Waals surface area contributed by atoms with E-state index in [1.54, 1.807) is 0 Å². The molecule has 0 aliphatic rings. The highest BCUT2D eigenvalue weighted by Gasteiger charge is 2.28. The van der Waals surface area contributed by atoms with Gasteiger partial charge in [0.1, 0.15) is 0 Å². The molecule has 0 saturated heterocycles. The minimum Gasteiger partial charge on any atom is -0.481 e. The molecule has 0 fully saturated rings. The third-order valence-electron chi connectivity index (χ3n) is 3.25. The van der Waals surface area contributed by atoms with E-state index in [0.717, 1.165) is 4.47 Å². The lowest BCUT2D eigenvalue weighted by molar-refractivity contribution is -0.137. The Balaban J connectivity index is 2.98. The molecule has 0 heterocycles. The van der Waals surface area contributed by atoms with E-state index in [4.69, 9.17) is 5.11 Å². The van der Waals surface area contributed by atoms with Crippen LogP contribution in [0.2, 0.25) is 0 Å². The fourth-order valence-corrected chi connectivity index (χ4v) is 2.92. The second-order valence-corrected chi connectivity index (χ2v) is 6.56. The Bertz CT molecular complexity index is 440. The predicted octanol–water partition coefficient (Wildman–Crippen LogP) is 4.09. The molecule has 0 amide bonds. The van der Waals surface area contributed by atoms with Crippen LogP contribution in [0.5, 0.6) is 0 Å². The van der Waals surface area contributed by atoms with Gasteiger partial charge in [-0.3, -0.25) is 9.69 Å². The van der Waals surface area contributed by atoms with Crippen molar-refractivity contribution < 1.29 is 9.90 Å². The average Bonchev–Trinajstić information content (AvgIpc) is 2.27. The first-order chi connectivity index (χ1) is 8.73. The van der Waals surface area contributed by atoms with Crippen LogP contribution in [0.1, 0.15) is 45.7 Å². The highest BCUT2D eigenvalue weighted by Crippen LogP contribution is 2.32. The van der Waals surface area contributed by atoms with Crippen molar-refractivity contribution in [1.29, 1.82) is 0 Å². The second kappa shape index (κ2) is 6.53. The molecular formula is C15H22BrNO2. The van der Waals surface area contributed by atoms with Crippen molar-refractivity contribution in [2.24, 2.45) is 0 Å². The third-order valence-corrected chi connectivity index (χ3v) is 3.97. The number of halogens is 1. The molecule has 1 rings (SSSR count). The summed E-state index contributed by atoms with van der Waals surface area (Å²) in [4.78, 5) is 13.0. The summed E-state index contributed by atoms with van der Waals surface area (Å²) < 4.78 is 1.06. The fourth-order valence-electron chi connectivity index (χ4n) is 2.31. The quantitative estimate of drug-likeness (QED) is 0.885. The molecule has 4 heteroatoms. The average molecular weight is 328 g/mol. The van der Waals surface area contributed by atoms with Crippen LogP contribution in [0.3, 0.4) is 0 Å². The van der Waals surface area contributed by atoms with Crippen LogP contribution in [0.4, 0.5) is 0 Å². The van der Waals surface area contributed by atoms with E-state index in [1.807, 2.05) is 18.2 Å². The lowest BCUT2D eigenvalue weighted by atomic mass is 9.98. The highest BCUT2D eigenvalue weighted by molar-refractivity contribution is 9.10. The first-order valence-corrected chi connectivity index (χ1v) is 7.25. The Morgan fingerprint density at radius 3 is 2.42 bits per heavy atom. The van der Waals surface area contributed by atoms with Crippen molar-refractivity contribution in [3.63, 3.8) is 0 Å². The zero-order valence-electron chi connectivity index (χ0n) is 12.0. The van der Waals surface area contributed by atoms with Gasteiger partial charge in [0.25, 0.3) is 0 Å². The van der Waals surface area contributed by atoms with Gasteiger partial charge < -0.3 is 5.11 Å². The van der Waals surface area contributed by atoms with Gasteiger partial charge in [-0.15, -0.1) is 0 Å². The lowest BCUT2D eigenvalue weighted by Gasteiger charge is -2.40. The van der Waals surface area contributed by atoms with Crippen molar-refractivity contribution in [1.82, 2.24) is 4.90 Å². The molecule has 1 unspecified atom stereocenters. The monoisotopic (exact) mass is 327 g/mol. The van der Waals surface area contributed by atoms with E-state index in [9.17, 15) is 4.79 Å². The Kier molecular flexibility index (Phi) is 5.56. The zero-order chi connectivity index (χ0) is 14.6. The Hall–Kier alpha value is -0.870. The molecule has 19 heavy (non-hydrogen) atoms. The Morgan fingerprint density at radius 1 is 1.37 bits per heavy atom. The van der Waals surface area contributed by atoms with Gasteiger partial charge in [0.2, 0.25) is 0 Å². The van der Waals surface area contributed by atoms with Gasteiger partial charge in [-0.2, -0.15) is 0 Å². The van der Waals surface area contributed by atoms with E-state index in [2.05, 4.69) is 54.6 Å². The number of nitrogens with zero attached hydrogens (tertiary/aromatic N) is 1. The van der Waals surface area contributed by atoms with E-state index >= 15 is 0 Å². The SMILES string of the molecule is CC(c1ccccc1Br)N(CCC(=O)O)C(C)(C)C. The van der Waals surface area contributed by atoms with Gasteiger partial charge >= 0.3 is 5.97 Å². The number of carboxylic acids is 1. The van der Waals surface area contributed by atoms with Crippen molar-refractivity contribution >= 4 is 21.9 Å². The fraction of sp³-hybridized carbons (Fsp3) is 0.533. The molecule has 0 aliphatic carbocycles. The smallest absolute Gasteiger partial charge is 0.304 e. The summed E-state index contributed by atoms with van der Waals surface area (Å²) in [6.45, 7) is 9.00. The summed E-state index contributed by atoms with van der Waals surface area (Å²) >= 11 is 3.57. The van der Waals surface area contributed by atoms with Crippen LogP contribution in [-0.4, -0.2) is 28.1 Å². The van der Waals surface area contributed by atoms with E-state index in [-0.39, 0.29) is 18.0 Å². The van der Waals surface area contributed by atoms with Gasteiger partial charge in [-0.25, -0.2) is 0 Å². The topological polar surface area (TPSA) is 40.5 Å². The number of carbonyl (C=O) groups is 1. The molecule has 106 valence electrons. The summed E-state index contributed by atoms with van der Waals surface area (Å²) in [5.74, 6) is -0.756. The zero-order valence-corrected chi connectivity index (χ0v) is 13.6. The highest BCUT2D eigenvalue weighted by atomic mass is 79.9. The summed E-state index contributed by atoms with van der Waals surface area (Å²) in [6.07, 6.45) is 0.159. The van der Waals surface area contributed by atoms with Gasteiger partial charge in [-0.1, -0.05) is 34.1 Å². The van der Waals surface area contributed by atoms with E-state index < -0.39 is 5.97 Å². The summed E-state index contributed by atoms with van der Waals surface area (Å²) in [5, 5.41) is 8.90. The molecule has 1 aromatic carbocycles. The number of hydrogen-bond acceptors (Lipinski definition) is 2. The first kappa shape index (κ1) is 16.2. The largest absolute Gasteiger partial charge is 0.481 e. The van der Waals surface area contributed by atoms with Gasteiger partial charge in [0.05, 0.1) is 6.42 Å². The van der Waals surface area contributed by atoms with Gasteiger partial charge in [-0.05, 0) is 39.3 Å². The summed E-state index contributed by atoms with van der Waals surface area (Å²) in [7, 11) is 0. The van der Waals surface area contributed by atoms with Crippen LogP contribution in [-0.2, 0) is 4.79 Å². The van der Waals surface area contributed by atoms with Crippen molar-refractivity contribution in [3.8, 4) is 0 Å². The van der Waals surface area contributed by atoms with E-state index in [0.29, 0.717) is 6.54 Å². The molecule has 3 nitrogen and oxygen atoms in total. The van der Waals surface area contributed by atoms with Gasteiger partial charge in [0, 0.05) is 22.6 Å². The molecule has 0 aliphatic heterocycles. The number of hydrogen-bond donors (Lipinski definition) is 1. The maximum Gasteiger partial charge on any atom is 0.304 e. The van der Waals surface area contributed by atoms with Crippen LogP contribution in [0.15, 0.2) is 28.7 Å². The number of benzene rings is 1. The number of carboxylic acid groups (broad SMARTS) is 1. The maximum absolute atomic E-state index is 10.8. The standard InChI is InChI=1S/C15H22BrNO2/c1-11(12-7-5-6-8-13(12)16)17(15(2,3)4)10-9-14(18)19/h5-8,11H,9-10H2,1-4H3,(H,18,19). The van der Waals surface area contributed by atoms with Crippen molar-refractivity contribution in [2.75, 3.05) is 6.54 Å². The molecule has 0 saturated carbocycles. The summed E-state index contributed by atoms with van der Waals surface area (Å²) in [5.41, 5.74) is 1.10. The molecule has 0 radical (unpaired) electrons. The third kappa shape index (κ3) is 4.62.